The van der Waals surface area contributed by atoms with Crippen LogP contribution in [0.15, 0.2) is 47.9 Å². The second kappa shape index (κ2) is 7.66. The summed E-state index contributed by atoms with van der Waals surface area (Å²) in [5, 5.41) is 3.31. The van der Waals surface area contributed by atoms with Gasteiger partial charge in [0.05, 0.1) is 11.3 Å². The molecule has 3 aromatic rings. The van der Waals surface area contributed by atoms with E-state index in [9.17, 15) is 14.0 Å². The van der Waals surface area contributed by atoms with E-state index in [0.717, 1.165) is 6.07 Å². The molecule has 1 amide bonds. The highest BCUT2D eigenvalue weighted by molar-refractivity contribution is 6.30. The Morgan fingerprint density at radius 3 is 2.71 bits per heavy atom. The number of amides is 1. The Morgan fingerprint density at radius 2 is 2.04 bits per heavy atom. The Bertz CT molecular complexity index is 1160. The maximum Gasteiger partial charge on any atom is 0.267 e. The first kappa shape index (κ1) is 19.3. The second-order valence-electron chi connectivity index (χ2n) is 5.98. The third-order valence-electron chi connectivity index (χ3n) is 4.17. The topological polar surface area (TPSA) is 101 Å². The van der Waals surface area contributed by atoms with Gasteiger partial charge in [0.25, 0.3) is 11.5 Å². The molecule has 0 unspecified atom stereocenters. The molecule has 0 aliphatic heterocycles. The molecule has 28 heavy (non-hydrogen) atoms. The molecule has 0 spiro atoms. The number of nitrogens with one attached hydrogen (secondary N) is 2. The van der Waals surface area contributed by atoms with Crippen LogP contribution >= 0.6 is 11.6 Å². The fraction of sp³-hybridized carbons (Fsp3) is 0.0500. The summed E-state index contributed by atoms with van der Waals surface area (Å²) < 4.78 is 14.3. The van der Waals surface area contributed by atoms with Crippen molar-refractivity contribution >= 4 is 35.0 Å². The van der Waals surface area contributed by atoms with E-state index in [1.54, 1.807) is 25.3 Å². The van der Waals surface area contributed by atoms with Gasteiger partial charge in [-0.2, -0.15) is 0 Å². The highest BCUT2D eigenvalue weighted by atomic mass is 35.5. The van der Waals surface area contributed by atoms with Gasteiger partial charge in [0, 0.05) is 33.7 Å². The molecule has 0 bridgehead atoms. The van der Waals surface area contributed by atoms with Gasteiger partial charge in [-0.3, -0.25) is 14.6 Å². The van der Waals surface area contributed by atoms with Crippen LogP contribution in [-0.4, -0.2) is 15.9 Å². The number of halogens is 2. The van der Waals surface area contributed by atoms with Crippen molar-refractivity contribution in [2.45, 2.75) is 6.92 Å². The van der Waals surface area contributed by atoms with Gasteiger partial charge in [-0.25, -0.2) is 4.39 Å². The fourth-order valence-corrected chi connectivity index (χ4v) is 2.99. The average molecular weight is 399 g/mol. The molecule has 0 saturated carbocycles. The summed E-state index contributed by atoms with van der Waals surface area (Å²) in [5.41, 5.74) is 6.81. The first-order valence-electron chi connectivity index (χ1n) is 8.19. The average Bonchev–Trinajstić information content (AvgIpc) is 2.65. The summed E-state index contributed by atoms with van der Waals surface area (Å²) in [7, 11) is 0. The number of carbonyl (C=O) groups is 1. The Balaban J connectivity index is 2.22. The molecule has 0 radical (unpaired) electrons. The summed E-state index contributed by atoms with van der Waals surface area (Å²) in [6, 6.07) is 6.91. The van der Waals surface area contributed by atoms with Crippen molar-refractivity contribution in [3.63, 3.8) is 0 Å². The van der Waals surface area contributed by atoms with E-state index in [0.29, 0.717) is 16.9 Å². The lowest BCUT2D eigenvalue weighted by atomic mass is 10.0. The highest BCUT2D eigenvalue weighted by Crippen LogP contribution is 2.29. The number of primary amides is 1. The number of aromatic amines is 1. The van der Waals surface area contributed by atoms with Gasteiger partial charge in [-0.1, -0.05) is 24.3 Å². The lowest BCUT2D eigenvalue weighted by molar-refractivity contribution is 0.0996. The first-order chi connectivity index (χ1) is 13.3. The van der Waals surface area contributed by atoms with Crippen molar-refractivity contribution in [2.75, 3.05) is 5.32 Å². The predicted molar refractivity (Wildman–Crippen MR) is 108 cm³/mol. The molecular weight excluding hydrogens is 383 g/mol. The number of rotatable bonds is 5. The van der Waals surface area contributed by atoms with Gasteiger partial charge in [0.1, 0.15) is 11.5 Å². The summed E-state index contributed by atoms with van der Waals surface area (Å²) in [6.45, 7) is 5.56. The molecule has 4 N–H and O–H groups in total. The maximum absolute atomic E-state index is 14.3. The molecule has 2 aromatic heterocycles. The molecule has 1 aromatic carbocycles. The van der Waals surface area contributed by atoms with E-state index >= 15 is 0 Å². The Morgan fingerprint density at radius 1 is 1.29 bits per heavy atom. The summed E-state index contributed by atoms with van der Waals surface area (Å²) >= 11 is 5.94. The highest BCUT2D eigenvalue weighted by Gasteiger charge is 2.18. The van der Waals surface area contributed by atoms with E-state index in [2.05, 4.69) is 21.9 Å². The molecule has 3 rings (SSSR count). The number of H-pyrrole nitrogens is 1. The maximum atomic E-state index is 14.3. The Kier molecular flexibility index (Phi) is 5.28. The lowest BCUT2D eigenvalue weighted by Crippen LogP contribution is -2.22. The predicted octanol–water partition coefficient (Wildman–Crippen LogP) is 4.02. The zero-order valence-electron chi connectivity index (χ0n) is 14.8. The Hall–Kier alpha value is -3.45. The van der Waals surface area contributed by atoms with Crippen molar-refractivity contribution in [3.8, 4) is 11.1 Å². The fourth-order valence-electron chi connectivity index (χ4n) is 2.82. The number of pyridine rings is 2. The number of hydrogen-bond donors (Lipinski definition) is 3. The van der Waals surface area contributed by atoms with Crippen LogP contribution < -0.4 is 16.6 Å². The van der Waals surface area contributed by atoms with Crippen molar-refractivity contribution < 1.29 is 9.18 Å². The molecule has 0 atom stereocenters. The van der Waals surface area contributed by atoms with E-state index in [4.69, 9.17) is 17.3 Å². The Labute approximate surface area is 164 Å². The number of nitrogens with two attached hydrogens (primary N) is 1. The number of hydrogen-bond acceptors (Lipinski definition) is 4. The van der Waals surface area contributed by atoms with Crippen LogP contribution in [0, 0.1) is 12.7 Å². The van der Waals surface area contributed by atoms with Crippen LogP contribution in [0.2, 0.25) is 5.02 Å². The van der Waals surface area contributed by atoms with E-state index in [1.807, 2.05) is 0 Å². The third-order valence-corrected chi connectivity index (χ3v) is 4.40. The van der Waals surface area contributed by atoms with Crippen LogP contribution in [0.5, 0.6) is 0 Å². The van der Waals surface area contributed by atoms with Gasteiger partial charge in [0.2, 0.25) is 0 Å². The van der Waals surface area contributed by atoms with Crippen LogP contribution in [0.3, 0.4) is 0 Å². The van der Waals surface area contributed by atoms with Gasteiger partial charge in [-0.15, -0.1) is 0 Å². The molecule has 0 aliphatic carbocycles. The van der Waals surface area contributed by atoms with Crippen molar-refractivity contribution in [1.82, 2.24) is 9.97 Å². The minimum atomic E-state index is -0.844. The van der Waals surface area contributed by atoms with Crippen molar-refractivity contribution in [2.24, 2.45) is 5.73 Å². The largest absolute Gasteiger partial charge is 0.364 e. The minimum Gasteiger partial charge on any atom is -0.364 e. The number of nitrogens with zero attached hydrogens (tertiary/aromatic N) is 1. The smallest absolute Gasteiger partial charge is 0.267 e. The van der Waals surface area contributed by atoms with Gasteiger partial charge < -0.3 is 16.0 Å². The molecule has 8 heteroatoms. The number of carbonyl (C=O) groups excluding carboxylic acids is 1. The molecule has 0 fully saturated rings. The van der Waals surface area contributed by atoms with Gasteiger partial charge >= 0.3 is 0 Å². The third kappa shape index (κ3) is 3.65. The molecule has 0 aliphatic rings. The minimum absolute atomic E-state index is 0.00145. The van der Waals surface area contributed by atoms with E-state index in [1.165, 1.54) is 18.2 Å². The van der Waals surface area contributed by atoms with E-state index < -0.39 is 17.3 Å². The molecular formula is C20H16ClFN4O2. The quantitative estimate of drug-likeness (QED) is 0.604. The number of aromatic nitrogens is 2. The summed E-state index contributed by atoms with van der Waals surface area (Å²) in [5.74, 6) is -1.47. The number of anilines is 2. The van der Waals surface area contributed by atoms with Crippen LogP contribution in [0.1, 0.15) is 21.7 Å². The SMILES string of the molecule is C=Cc1c(Nc2cc(-c3cc(Cl)ccc3F)c(=O)[nH]c2C(N)=O)ccnc1C. The van der Waals surface area contributed by atoms with Crippen LogP contribution in [0.25, 0.3) is 17.2 Å². The first-order valence-corrected chi connectivity index (χ1v) is 8.57. The molecule has 6 nitrogen and oxygen atoms in total. The van der Waals surface area contributed by atoms with Gasteiger partial charge in [-0.05, 0) is 37.3 Å². The number of benzene rings is 1. The summed E-state index contributed by atoms with van der Waals surface area (Å²) in [4.78, 5) is 30.9. The van der Waals surface area contributed by atoms with Crippen LogP contribution in [0.4, 0.5) is 15.8 Å². The zero-order valence-corrected chi connectivity index (χ0v) is 15.6. The van der Waals surface area contributed by atoms with Crippen LogP contribution in [-0.2, 0) is 0 Å². The number of aryl methyl sites for hydroxylation is 1. The van der Waals surface area contributed by atoms with Gasteiger partial charge in [0.15, 0.2) is 0 Å². The normalized spacial score (nSPS) is 10.5. The monoisotopic (exact) mass is 398 g/mol. The zero-order chi connectivity index (χ0) is 20.4. The lowest BCUT2D eigenvalue weighted by Gasteiger charge is -2.15. The van der Waals surface area contributed by atoms with E-state index in [-0.39, 0.29) is 27.5 Å². The van der Waals surface area contributed by atoms with Crippen molar-refractivity contribution in [3.05, 3.63) is 81.3 Å². The standard InChI is InChI=1S/C20H16ClFN4O2/c1-3-12-10(2)24-7-6-16(12)25-17-9-14(20(28)26-18(17)19(23)27)13-8-11(21)4-5-15(13)22/h3-9H,1H2,2H3,(H2,23,27)(H,24,25)(H,26,28). The second-order valence-corrected chi connectivity index (χ2v) is 6.41. The molecule has 0 saturated heterocycles. The van der Waals surface area contributed by atoms with Crippen molar-refractivity contribution in [1.29, 1.82) is 0 Å². The molecule has 142 valence electrons. The summed E-state index contributed by atoms with van der Waals surface area (Å²) in [6.07, 6.45) is 3.19. The molecule has 2 heterocycles.